The Morgan fingerprint density at radius 2 is 1.95 bits per heavy atom. The Hall–Kier alpha value is -0.610. The van der Waals surface area contributed by atoms with Gasteiger partial charge in [0.25, 0.3) is 0 Å². The first-order valence-electron chi connectivity index (χ1n) is 7.80. The summed E-state index contributed by atoms with van der Waals surface area (Å²) in [6, 6.07) is 0.175. The van der Waals surface area contributed by atoms with E-state index >= 15 is 0 Å². The molecule has 110 valence electrons. The van der Waals surface area contributed by atoms with Gasteiger partial charge in [-0.1, -0.05) is 19.3 Å². The highest BCUT2D eigenvalue weighted by atomic mass is 16.3. The average Bonchev–Trinajstić information content (AvgIpc) is 2.39. The molecule has 0 aliphatic heterocycles. The van der Waals surface area contributed by atoms with E-state index in [4.69, 9.17) is 0 Å². The topological polar surface area (TPSA) is 61.4 Å². The maximum absolute atomic E-state index is 12.2. The summed E-state index contributed by atoms with van der Waals surface area (Å²) in [6.07, 6.45) is 9.91. The predicted molar refractivity (Wildman–Crippen MR) is 75.9 cm³/mol. The van der Waals surface area contributed by atoms with E-state index in [2.05, 4.69) is 10.6 Å². The van der Waals surface area contributed by atoms with Gasteiger partial charge >= 0.3 is 0 Å². The Balaban J connectivity index is 1.82. The zero-order valence-corrected chi connectivity index (χ0v) is 12.1. The summed E-state index contributed by atoms with van der Waals surface area (Å²) in [5, 5.41) is 16.1. The molecule has 2 rings (SSSR count). The lowest BCUT2D eigenvalue weighted by Gasteiger charge is -2.37. The number of rotatable bonds is 4. The molecule has 2 aliphatic carbocycles. The summed E-state index contributed by atoms with van der Waals surface area (Å²) >= 11 is 0. The Kier molecular flexibility index (Phi) is 5.22. The average molecular weight is 268 g/mol. The van der Waals surface area contributed by atoms with Crippen LogP contribution in [0.3, 0.4) is 0 Å². The van der Waals surface area contributed by atoms with Gasteiger partial charge in [0.05, 0.1) is 6.10 Å². The van der Waals surface area contributed by atoms with Crippen LogP contribution in [0.5, 0.6) is 0 Å². The van der Waals surface area contributed by atoms with Crippen LogP contribution in [0.2, 0.25) is 0 Å². The molecule has 0 radical (unpaired) electrons. The van der Waals surface area contributed by atoms with E-state index in [1.807, 2.05) is 7.05 Å². The molecule has 19 heavy (non-hydrogen) atoms. The van der Waals surface area contributed by atoms with E-state index in [-0.39, 0.29) is 23.6 Å². The fraction of sp³-hybridized carbons (Fsp3) is 0.933. The van der Waals surface area contributed by atoms with E-state index in [1.165, 1.54) is 19.3 Å². The molecule has 2 aliphatic rings. The van der Waals surface area contributed by atoms with Crippen molar-refractivity contribution < 1.29 is 9.90 Å². The molecular weight excluding hydrogens is 240 g/mol. The highest BCUT2D eigenvalue weighted by molar-refractivity contribution is 5.77. The van der Waals surface area contributed by atoms with Gasteiger partial charge in [0.15, 0.2) is 0 Å². The van der Waals surface area contributed by atoms with Gasteiger partial charge in [0.1, 0.15) is 0 Å². The summed E-state index contributed by atoms with van der Waals surface area (Å²) in [5.41, 5.74) is 0.00954. The number of aliphatic hydroxyl groups excluding tert-OH is 1. The lowest BCUT2D eigenvalue weighted by atomic mass is 9.79. The number of aliphatic hydroxyl groups is 1. The van der Waals surface area contributed by atoms with Crippen LogP contribution in [0.1, 0.15) is 64.2 Å². The number of carbonyl (C=O) groups excluding carboxylic acids is 1. The van der Waals surface area contributed by atoms with Crippen molar-refractivity contribution in [2.24, 2.45) is 0 Å². The largest absolute Gasteiger partial charge is 0.393 e. The number of nitrogens with one attached hydrogen (secondary N) is 2. The third-order valence-corrected chi connectivity index (χ3v) is 4.85. The van der Waals surface area contributed by atoms with Crippen LogP contribution in [0.15, 0.2) is 0 Å². The minimum absolute atomic E-state index is 0.00954. The molecule has 0 bridgehead atoms. The van der Waals surface area contributed by atoms with Crippen molar-refractivity contribution in [2.45, 2.75) is 81.9 Å². The monoisotopic (exact) mass is 268 g/mol. The van der Waals surface area contributed by atoms with Crippen molar-refractivity contribution in [3.05, 3.63) is 0 Å². The maximum Gasteiger partial charge on any atom is 0.222 e. The summed E-state index contributed by atoms with van der Waals surface area (Å²) in [7, 11) is 1.98. The van der Waals surface area contributed by atoms with Gasteiger partial charge in [-0.2, -0.15) is 0 Å². The van der Waals surface area contributed by atoms with E-state index in [0.29, 0.717) is 6.42 Å². The van der Waals surface area contributed by atoms with Gasteiger partial charge in [-0.25, -0.2) is 0 Å². The number of carbonyl (C=O) groups is 1. The molecule has 4 nitrogen and oxygen atoms in total. The fourth-order valence-corrected chi connectivity index (χ4v) is 3.62. The third-order valence-electron chi connectivity index (χ3n) is 4.85. The smallest absolute Gasteiger partial charge is 0.222 e. The predicted octanol–water partition coefficient (Wildman–Crippen LogP) is 1.72. The molecular formula is C15H28N2O2. The number of hydrogen-bond acceptors (Lipinski definition) is 3. The minimum atomic E-state index is -0.230. The first-order chi connectivity index (χ1) is 9.13. The third kappa shape index (κ3) is 4.18. The standard InChI is InChI=1S/C15H28N2O2/c1-16-15(8-3-2-4-9-15)11-14(19)17-12-6-5-7-13(18)10-12/h12-13,16,18H,2-11H2,1H3,(H,17,19). The van der Waals surface area contributed by atoms with E-state index in [0.717, 1.165) is 38.5 Å². The molecule has 0 spiro atoms. The molecule has 0 saturated heterocycles. The van der Waals surface area contributed by atoms with Crippen molar-refractivity contribution in [1.29, 1.82) is 0 Å². The zero-order valence-electron chi connectivity index (χ0n) is 12.1. The molecule has 2 atom stereocenters. The highest BCUT2D eigenvalue weighted by Crippen LogP contribution is 2.30. The lowest BCUT2D eigenvalue weighted by Crippen LogP contribution is -2.50. The molecule has 0 heterocycles. The van der Waals surface area contributed by atoms with Gasteiger partial charge in [0.2, 0.25) is 5.91 Å². The van der Waals surface area contributed by atoms with Crippen LogP contribution >= 0.6 is 0 Å². The van der Waals surface area contributed by atoms with Gasteiger partial charge in [0, 0.05) is 18.0 Å². The summed E-state index contributed by atoms with van der Waals surface area (Å²) in [5.74, 6) is 0.148. The molecule has 0 aromatic carbocycles. The van der Waals surface area contributed by atoms with Crippen LogP contribution in [-0.2, 0) is 4.79 Å². The molecule has 0 aromatic rings. The fourth-order valence-electron chi connectivity index (χ4n) is 3.62. The molecule has 2 unspecified atom stereocenters. The van der Waals surface area contributed by atoms with Crippen molar-refractivity contribution >= 4 is 5.91 Å². The van der Waals surface area contributed by atoms with Gasteiger partial charge in [-0.3, -0.25) is 4.79 Å². The number of hydrogen-bond donors (Lipinski definition) is 3. The second kappa shape index (κ2) is 6.71. The quantitative estimate of drug-likeness (QED) is 0.727. The Bertz CT molecular complexity index is 301. The summed E-state index contributed by atoms with van der Waals surface area (Å²) in [6.45, 7) is 0. The lowest BCUT2D eigenvalue weighted by molar-refractivity contribution is -0.124. The molecule has 4 heteroatoms. The summed E-state index contributed by atoms with van der Waals surface area (Å²) < 4.78 is 0. The summed E-state index contributed by atoms with van der Waals surface area (Å²) in [4.78, 5) is 12.2. The van der Waals surface area contributed by atoms with Crippen molar-refractivity contribution in [1.82, 2.24) is 10.6 Å². The SMILES string of the molecule is CNC1(CC(=O)NC2CCCC(O)C2)CCCCC1. The van der Waals surface area contributed by atoms with Gasteiger partial charge < -0.3 is 15.7 Å². The molecule has 1 amide bonds. The minimum Gasteiger partial charge on any atom is -0.393 e. The van der Waals surface area contributed by atoms with Crippen LogP contribution in [-0.4, -0.2) is 35.7 Å². The van der Waals surface area contributed by atoms with Gasteiger partial charge in [-0.05, 0) is 45.6 Å². The Morgan fingerprint density at radius 3 is 2.58 bits per heavy atom. The Morgan fingerprint density at radius 1 is 1.21 bits per heavy atom. The Labute approximate surface area is 116 Å². The zero-order chi connectivity index (χ0) is 13.7. The molecule has 2 saturated carbocycles. The first kappa shape index (κ1) is 14.8. The molecule has 2 fully saturated rings. The van der Waals surface area contributed by atoms with E-state index in [1.54, 1.807) is 0 Å². The number of amides is 1. The normalized spacial score (nSPS) is 30.8. The maximum atomic E-state index is 12.2. The van der Waals surface area contributed by atoms with E-state index < -0.39 is 0 Å². The molecule has 0 aromatic heterocycles. The second-order valence-electron chi connectivity index (χ2n) is 6.35. The van der Waals surface area contributed by atoms with Crippen molar-refractivity contribution in [3.63, 3.8) is 0 Å². The van der Waals surface area contributed by atoms with Gasteiger partial charge in [-0.15, -0.1) is 0 Å². The van der Waals surface area contributed by atoms with Crippen LogP contribution in [0, 0.1) is 0 Å². The van der Waals surface area contributed by atoms with Crippen LogP contribution in [0.25, 0.3) is 0 Å². The first-order valence-corrected chi connectivity index (χ1v) is 7.80. The van der Waals surface area contributed by atoms with Crippen LogP contribution < -0.4 is 10.6 Å². The van der Waals surface area contributed by atoms with Crippen molar-refractivity contribution in [2.75, 3.05) is 7.05 Å². The highest BCUT2D eigenvalue weighted by Gasteiger charge is 2.33. The molecule has 3 N–H and O–H groups in total. The van der Waals surface area contributed by atoms with E-state index in [9.17, 15) is 9.90 Å². The second-order valence-corrected chi connectivity index (χ2v) is 6.35. The van der Waals surface area contributed by atoms with Crippen molar-refractivity contribution in [3.8, 4) is 0 Å². The van der Waals surface area contributed by atoms with Crippen LogP contribution in [0.4, 0.5) is 0 Å².